The zero-order valence-electron chi connectivity index (χ0n) is 16.2. The molecule has 0 saturated heterocycles. The van der Waals surface area contributed by atoms with Crippen molar-refractivity contribution < 1.29 is 9.53 Å². The minimum absolute atomic E-state index is 0.412. The molecule has 0 unspecified atom stereocenters. The molecule has 152 valence electrons. The van der Waals surface area contributed by atoms with Gasteiger partial charge in [-0.3, -0.25) is 9.20 Å². The predicted molar refractivity (Wildman–Crippen MR) is 115 cm³/mol. The van der Waals surface area contributed by atoms with Crippen LogP contribution in [-0.4, -0.2) is 38.5 Å². The van der Waals surface area contributed by atoms with Crippen LogP contribution in [-0.2, 0) is 24.1 Å². The Morgan fingerprint density at radius 3 is 2.97 bits per heavy atom. The second kappa shape index (κ2) is 7.85. The van der Waals surface area contributed by atoms with Crippen LogP contribution in [0.3, 0.4) is 0 Å². The summed E-state index contributed by atoms with van der Waals surface area (Å²) in [6.07, 6.45) is 4.94. The number of fused-ring (bicyclic) bond motifs is 2. The molecule has 5 rings (SSSR count). The highest BCUT2D eigenvalue weighted by Gasteiger charge is 2.21. The van der Waals surface area contributed by atoms with E-state index in [0.29, 0.717) is 48.9 Å². The molecule has 0 fully saturated rings. The third kappa shape index (κ3) is 3.42. The summed E-state index contributed by atoms with van der Waals surface area (Å²) in [5.74, 6) is 1.38. The lowest BCUT2D eigenvalue weighted by Gasteiger charge is -2.14. The highest BCUT2D eigenvalue weighted by molar-refractivity contribution is 7.09. The first-order valence-electron chi connectivity index (χ1n) is 9.71. The Bertz CT molecular complexity index is 1220. The van der Waals surface area contributed by atoms with E-state index in [2.05, 4.69) is 21.7 Å². The maximum atomic E-state index is 11.8. The van der Waals surface area contributed by atoms with Crippen molar-refractivity contribution in [3.63, 3.8) is 0 Å². The Morgan fingerprint density at radius 2 is 2.13 bits per heavy atom. The number of nitrogens with zero attached hydrogens (tertiary/aromatic N) is 4. The smallest absolute Gasteiger partial charge is 0.250 e. The van der Waals surface area contributed by atoms with E-state index < -0.39 is 5.91 Å². The normalized spacial score (nSPS) is 13.7. The Balaban J connectivity index is 1.61. The van der Waals surface area contributed by atoms with E-state index in [0.717, 1.165) is 23.5 Å². The molecule has 5 heterocycles. The number of anilines is 1. The molecule has 1 amide bonds. The highest BCUT2D eigenvalue weighted by atomic mass is 32.1. The van der Waals surface area contributed by atoms with Gasteiger partial charge in [-0.1, -0.05) is 6.07 Å². The van der Waals surface area contributed by atoms with Crippen molar-refractivity contribution in [1.29, 1.82) is 0 Å². The van der Waals surface area contributed by atoms with E-state index in [-0.39, 0.29) is 0 Å². The molecule has 0 aromatic carbocycles. The zero-order chi connectivity index (χ0) is 20.5. The van der Waals surface area contributed by atoms with Crippen LogP contribution in [0.25, 0.3) is 17.2 Å². The lowest BCUT2D eigenvalue weighted by atomic mass is 10.1. The van der Waals surface area contributed by atoms with E-state index in [1.807, 2.05) is 12.3 Å². The van der Waals surface area contributed by atoms with Crippen LogP contribution < -0.4 is 11.1 Å². The quantitative estimate of drug-likeness (QED) is 0.514. The van der Waals surface area contributed by atoms with Gasteiger partial charge in [-0.15, -0.1) is 11.3 Å². The Kier molecular flexibility index (Phi) is 4.89. The molecule has 4 aromatic heterocycles. The monoisotopic (exact) mass is 420 g/mol. The summed E-state index contributed by atoms with van der Waals surface area (Å²) in [5, 5.41) is 5.53. The SMILES string of the molecule is NC(=O)c1cccn2c(-c3nc4c(c(NCc5cccs5)n3)CCOCC4)ncc12. The van der Waals surface area contributed by atoms with Crippen LogP contribution in [0.1, 0.15) is 26.5 Å². The van der Waals surface area contributed by atoms with Gasteiger partial charge < -0.3 is 15.8 Å². The summed E-state index contributed by atoms with van der Waals surface area (Å²) in [7, 11) is 0. The molecule has 0 bridgehead atoms. The maximum absolute atomic E-state index is 11.8. The number of thiophene rings is 1. The summed E-state index contributed by atoms with van der Waals surface area (Å²) >= 11 is 1.70. The number of carbonyl (C=O) groups is 1. The Labute approximate surface area is 176 Å². The molecule has 0 radical (unpaired) electrons. The van der Waals surface area contributed by atoms with E-state index in [1.165, 1.54) is 4.88 Å². The lowest BCUT2D eigenvalue weighted by Crippen LogP contribution is -2.13. The average molecular weight is 420 g/mol. The van der Waals surface area contributed by atoms with Gasteiger partial charge in [0.05, 0.1) is 42.7 Å². The molecule has 0 spiro atoms. The summed E-state index contributed by atoms with van der Waals surface area (Å²) in [6.45, 7) is 1.97. The number of hydrogen-bond donors (Lipinski definition) is 2. The van der Waals surface area contributed by atoms with Crippen molar-refractivity contribution in [2.24, 2.45) is 5.73 Å². The highest BCUT2D eigenvalue weighted by Crippen LogP contribution is 2.26. The molecular weight excluding hydrogens is 400 g/mol. The van der Waals surface area contributed by atoms with Gasteiger partial charge in [0.2, 0.25) is 0 Å². The number of pyridine rings is 1. The molecule has 0 saturated carbocycles. The molecule has 0 atom stereocenters. The molecule has 0 aliphatic carbocycles. The van der Waals surface area contributed by atoms with Gasteiger partial charge >= 0.3 is 0 Å². The van der Waals surface area contributed by atoms with Gasteiger partial charge in [-0.05, 0) is 23.6 Å². The fraction of sp³-hybridized carbons (Fsp3) is 0.238. The van der Waals surface area contributed by atoms with Crippen molar-refractivity contribution >= 4 is 28.6 Å². The molecule has 3 N–H and O–H groups in total. The van der Waals surface area contributed by atoms with Gasteiger partial charge in [-0.25, -0.2) is 15.0 Å². The number of amides is 1. The Hall–Kier alpha value is -3.30. The first-order valence-corrected chi connectivity index (χ1v) is 10.6. The second-order valence-corrected chi connectivity index (χ2v) is 8.02. The van der Waals surface area contributed by atoms with E-state index in [1.54, 1.807) is 34.1 Å². The van der Waals surface area contributed by atoms with Gasteiger partial charge in [0.25, 0.3) is 5.91 Å². The molecule has 1 aliphatic heterocycles. The van der Waals surface area contributed by atoms with Crippen LogP contribution in [0, 0.1) is 0 Å². The van der Waals surface area contributed by atoms with E-state index in [4.69, 9.17) is 20.4 Å². The summed E-state index contributed by atoms with van der Waals surface area (Å²) in [4.78, 5) is 27.1. The topological polar surface area (TPSA) is 107 Å². The molecule has 8 nitrogen and oxygen atoms in total. The average Bonchev–Trinajstić information content (AvgIpc) is 3.36. The second-order valence-electron chi connectivity index (χ2n) is 6.99. The zero-order valence-corrected chi connectivity index (χ0v) is 17.0. The first kappa shape index (κ1) is 18.7. The fourth-order valence-electron chi connectivity index (χ4n) is 3.67. The number of rotatable bonds is 5. The van der Waals surface area contributed by atoms with Crippen LogP contribution >= 0.6 is 11.3 Å². The van der Waals surface area contributed by atoms with Gasteiger partial charge in [-0.2, -0.15) is 0 Å². The number of nitrogens with one attached hydrogen (secondary N) is 1. The number of carbonyl (C=O) groups excluding carboxylic acids is 1. The number of primary amides is 1. The standard InChI is InChI=1S/C21H20N6O2S/c22-18(28)15-4-1-7-27-17(15)12-24-21(27)20-25-16-6-9-29-8-5-14(16)19(26-20)23-11-13-3-2-10-30-13/h1-4,7,10,12H,5-6,8-9,11H2,(H2,22,28)(H,23,25,26). The van der Waals surface area contributed by atoms with Crippen LogP contribution in [0.4, 0.5) is 5.82 Å². The number of aromatic nitrogens is 4. The fourth-order valence-corrected chi connectivity index (χ4v) is 4.32. The van der Waals surface area contributed by atoms with Crippen LogP contribution in [0.2, 0.25) is 0 Å². The van der Waals surface area contributed by atoms with Crippen molar-refractivity contribution in [2.75, 3.05) is 18.5 Å². The van der Waals surface area contributed by atoms with Crippen molar-refractivity contribution in [2.45, 2.75) is 19.4 Å². The van der Waals surface area contributed by atoms with Crippen LogP contribution in [0.5, 0.6) is 0 Å². The third-order valence-electron chi connectivity index (χ3n) is 5.12. The maximum Gasteiger partial charge on any atom is 0.250 e. The minimum atomic E-state index is -0.495. The van der Waals surface area contributed by atoms with Crippen molar-refractivity contribution in [1.82, 2.24) is 19.4 Å². The molecular formula is C21H20N6O2S. The summed E-state index contributed by atoms with van der Waals surface area (Å²) < 4.78 is 7.46. The van der Waals surface area contributed by atoms with E-state index >= 15 is 0 Å². The largest absolute Gasteiger partial charge is 0.381 e. The van der Waals surface area contributed by atoms with Crippen molar-refractivity contribution in [3.05, 3.63) is 63.7 Å². The van der Waals surface area contributed by atoms with Gasteiger partial charge in [0, 0.05) is 29.5 Å². The number of ether oxygens (including phenoxy) is 1. The predicted octanol–water partition coefficient (Wildman–Crippen LogP) is 2.68. The number of imidazole rings is 1. The Morgan fingerprint density at radius 1 is 1.23 bits per heavy atom. The summed E-state index contributed by atoms with van der Waals surface area (Å²) in [6, 6.07) is 7.58. The first-order chi connectivity index (χ1) is 14.7. The molecule has 4 aromatic rings. The molecule has 30 heavy (non-hydrogen) atoms. The van der Waals surface area contributed by atoms with E-state index in [9.17, 15) is 4.79 Å². The van der Waals surface area contributed by atoms with Crippen molar-refractivity contribution in [3.8, 4) is 11.6 Å². The van der Waals surface area contributed by atoms with Gasteiger partial charge in [0.15, 0.2) is 11.6 Å². The lowest BCUT2D eigenvalue weighted by molar-refractivity contribution is 0.100. The third-order valence-corrected chi connectivity index (χ3v) is 6.00. The minimum Gasteiger partial charge on any atom is -0.381 e. The molecule has 9 heteroatoms. The van der Waals surface area contributed by atoms with Gasteiger partial charge in [0.1, 0.15) is 5.82 Å². The number of hydrogen-bond acceptors (Lipinski definition) is 7. The summed E-state index contributed by atoms with van der Waals surface area (Å²) in [5.41, 5.74) is 8.61. The number of nitrogens with two attached hydrogens (primary N) is 1. The van der Waals surface area contributed by atoms with Crippen LogP contribution in [0.15, 0.2) is 42.0 Å². The molecule has 1 aliphatic rings.